The second-order valence-electron chi connectivity index (χ2n) is 3.53. The summed E-state index contributed by atoms with van der Waals surface area (Å²) in [4.78, 5) is 11.0. The van der Waals surface area contributed by atoms with Crippen LogP contribution in [0.2, 0.25) is 0 Å². The smallest absolute Gasteiger partial charge is 0.114 e. The lowest BCUT2D eigenvalue weighted by molar-refractivity contribution is 1.35. The van der Waals surface area contributed by atoms with Gasteiger partial charge in [0.25, 0.3) is 0 Å². The van der Waals surface area contributed by atoms with E-state index in [1.54, 1.807) is 0 Å². The van der Waals surface area contributed by atoms with E-state index in [-0.39, 0.29) is 6.00 Å². The Morgan fingerprint density at radius 3 is 2.89 bits per heavy atom. The molecule has 0 spiro atoms. The molecule has 0 fully saturated rings. The number of aliphatic imine (C=N–C) groups is 2. The summed E-state index contributed by atoms with van der Waals surface area (Å²) in [6, 6.07) is 8.04. The molecule has 0 amide bonds. The van der Waals surface area contributed by atoms with E-state index in [4.69, 9.17) is 23.2 Å². The molecule has 3 nitrogen and oxygen atoms in total. The molecule has 92 valence electrons. The van der Waals surface area contributed by atoms with E-state index in [1.807, 2.05) is 30.5 Å². The number of rotatable bonds is 4. The zero-order valence-electron chi connectivity index (χ0n) is 9.53. The van der Waals surface area contributed by atoms with Gasteiger partial charge < -0.3 is 4.98 Å². The maximum absolute atomic E-state index is 6.14. The number of nitrogens with zero attached hydrogens (tertiary/aromatic N) is 2. The first-order valence-electron chi connectivity index (χ1n) is 5.26. The number of aromatic nitrogens is 1. The van der Waals surface area contributed by atoms with Gasteiger partial charge in [0, 0.05) is 28.9 Å². The third-order valence-electron chi connectivity index (χ3n) is 2.49. The average Bonchev–Trinajstić information content (AvgIpc) is 2.80. The molecule has 1 N–H and O–H groups in total. The molecule has 2 rings (SSSR count). The molecule has 0 atom stereocenters. The molecule has 1 aromatic heterocycles. The fourth-order valence-electron chi connectivity index (χ4n) is 1.76. The molecule has 1 aromatic carbocycles. The molecule has 5 heteroatoms. The maximum Gasteiger partial charge on any atom is 0.114 e. The van der Waals surface area contributed by atoms with Crippen LogP contribution in [0.1, 0.15) is 5.56 Å². The predicted octanol–water partition coefficient (Wildman–Crippen LogP) is 3.93. The lowest BCUT2D eigenvalue weighted by atomic mass is 10.1. The highest BCUT2D eigenvalue weighted by Crippen LogP contribution is 2.23. The van der Waals surface area contributed by atoms with Crippen molar-refractivity contribution in [2.45, 2.75) is 0 Å². The first-order valence-corrected chi connectivity index (χ1v) is 6.18. The number of H-pyrrole nitrogens is 1. The highest BCUT2D eigenvalue weighted by atomic mass is 35.5. The van der Waals surface area contributed by atoms with E-state index in [1.165, 1.54) is 6.20 Å². The van der Waals surface area contributed by atoms with Crippen molar-refractivity contribution in [3.05, 3.63) is 47.3 Å². The van der Waals surface area contributed by atoms with E-state index >= 15 is 0 Å². The Morgan fingerprint density at radius 1 is 1.39 bits per heavy atom. The van der Waals surface area contributed by atoms with Gasteiger partial charge >= 0.3 is 0 Å². The molecule has 0 aliphatic heterocycles. The van der Waals surface area contributed by atoms with Gasteiger partial charge in [0.05, 0.1) is 10.7 Å². The van der Waals surface area contributed by atoms with Crippen molar-refractivity contribution in [1.82, 2.24) is 4.98 Å². The lowest BCUT2D eigenvalue weighted by Gasteiger charge is -2.03. The summed E-state index contributed by atoms with van der Waals surface area (Å²) >= 11 is 11.8. The molecule has 0 bridgehead atoms. The third-order valence-corrected chi connectivity index (χ3v) is 2.89. The van der Waals surface area contributed by atoms with Crippen LogP contribution in [-0.4, -0.2) is 23.4 Å². The minimum Gasteiger partial charge on any atom is -0.360 e. The number of para-hydroxylation sites is 1. The number of fused-ring (bicyclic) bond motifs is 1. The summed E-state index contributed by atoms with van der Waals surface area (Å²) in [7, 11) is 0. The first-order chi connectivity index (χ1) is 8.77. The Balaban J connectivity index is 2.59. The van der Waals surface area contributed by atoms with Crippen LogP contribution in [0.15, 0.2) is 51.7 Å². The van der Waals surface area contributed by atoms with Crippen LogP contribution in [0.4, 0.5) is 0 Å². The summed E-state index contributed by atoms with van der Waals surface area (Å²) in [5.41, 5.74) is 2.53. The van der Waals surface area contributed by atoms with Gasteiger partial charge in [-0.3, -0.25) is 9.98 Å². The highest BCUT2D eigenvalue weighted by Gasteiger charge is 2.12. The molecule has 2 aromatic rings. The molecule has 0 saturated heterocycles. The van der Waals surface area contributed by atoms with Gasteiger partial charge in [0.1, 0.15) is 6.00 Å². The van der Waals surface area contributed by atoms with Crippen LogP contribution in [0.5, 0.6) is 0 Å². The van der Waals surface area contributed by atoms with Crippen LogP contribution in [0, 0.1) is 0 Å². The molecule has 0 aliphatic rings. The van der Waals surface area contributed by atoms with Crippen molar-refractivity contribution < 1.29 is 0 Å². The van der Waals surface area contributed by atoms with E-state index in [0.717, 1.165) is 16.5 Å². The monoisotopic (exact) mass is 279 g/mol. The van der Waals surface area contributed by atoms with Gasteiger partial charge in [0.2, 0.25) is 0 Å². The van der Waals surface area contributed by atoms with Gasteiger partial charge in [-0.05, 0) is 12.8 Å². The number of hydrogen-bond donors (Lipinski definition) is 1. The van der Waals surface area contributed by atoms with Crippen molar-refractivity contribution in [2.24, 2.45) is 9.98 Å². The minimum atomic E-state index is 0.135. The Labute approximate surface area is 115 Å². The van der Waals surface area contributed by atoms with E-state index in [0.29, 0.717) is 10.7 Å². The minimum absolute atomic E-state index is 0.135. The van der Waals surface area contributed by atoms with Crippen molar-refractivity contribution in [2.75, 3.05) is 6.00 Å². The largest absolute Gasteiger partial charge is 0.360 e. The van der Waals surface area contributed by atoms with Gasteiger partial charge in [-0.15, -0.1) is 11.6 Å². The lowest BCUT2D eigenvalue weighted by Crippen LogP contribution is -2.00. The number of alkyl halides is 1. The Kier molecular flexibility index (Phi) is 4.18. The Hall–Kier alpha value is -1.58. The first kappa shape index (κ1) is 12.9. The zero-order valence-corrected chi connectivity index (χ0v) is 11.0. The van der Waals surface area contributed by atoms with E-state index in [9.17, 15) is 0 Å². The SMILES string of the molecule is C=N/C=C(/Cl)C(=NCCl)c1c[nH]c2ccccc12. The topological polar surface area (TPSA) is 40.5 Å². The zero-order chi connectivity index (χ0) is 13.0. The quantitative estimate of drug-likeness (QED) is 0.501. The standard InChI is InChI=1S/C13H11Cl2N3/c1-16-7-11(15)13(18-8-14)10-6-17-12-5-3-2-4-9(10)12/h2-7,17H,1,8H2/b11-7+,18-13?. The number of allylic oxidation sites excluding steroid dienone is 1. The van der Waals surface area contributed by atoms with Crippen LogP contribution < -0.4 is 0 Å². The molecule has 0 radical (unpaired) electrons. The average molecular weight is 280 g/mol. The number of benzene rings is 1. The van der Waals surface area contributed by atoms with Crippen LogP contribution in [0.25, 0.3) is 10.9 Å². The summed E-state index contributed by atoms with van der Waals surface area (Å²) < 4.78 is 0. The number of halogens is 2. The fourth-order valence-corrected chi connectivity index (χ4v) is 2.11. The second-order valence-corrected chi connectivity index (χ2v) is 4.18. The van der Waals surface area contributed by atoms with Crippen LogP contribution in [0.3, 0.4) is 0 Å². The van der Waals surface area contributed by atoms with Crippen molar-refractivity contribution in [3.8, 4) is 0 Å². The number of nitrogens with one attached hydrogen (secondary N) is 1. The molecular formula is C13H11Cl2N3. The van der Waals surface area contributed by atoms with Gasteiger partial charge in [-0.2, -0.15) is 0 Å². The summed E-state index contributed by atoms with van der Waals surface area (Å²) in [6.45, 7) is 3.38. The van der Waals surface area contributed by atoms with Crippen molar-refractivity contribution in [1.29, 1.82) is 0 Å². The predicted molar refractivity (Wildman–Crippen MR) is 79.0 cm³/mol. The number of hydrogen-bond acceptors (Lipinski definition) is 2. The molecule has 0 unspecified atom stereocenters. The molecule has 18 heavy (non-hydrogen) atoms. The summed E-state index contributed by atoms with van der Waals surface area (Å²) in [5, 5.41) is 1.45. The second kappa shape index (κ2) is 5.85. The van der Waals surface area contributed by atoms with E-state index < -0.39 is 0 Å². The summed E-state index contributed by atoms with van der Waals surface area (Å²) in [5.74, 6) is 0. The van der Waals surface area contributed by atoms with Crippen molar-refractivity contribution >= 4 is 46.5 Å². The molecular weight excluding hydrogens is 269 g/mol. The molecule has 1 heterocycles. The Morgan fingerprint density at radius 2 is 2.17 bits per heavy atom. The van der Waals surface area contributed by atoms with Crippen LogP contribution in [-0.2, 0) is 0 Å². The fraction of sp³-hybridized carbons (Fsp3) is 0.0769. The maximum atomic E-state index is 6.14. The molecule has 0 saturated carbocycles. The van der Waals surface area contributed by atoms with Crippen molar-refractivity contribution in [3.63, 3.8) is 0 Å². The Bertz CT molecular complexity index is 626. The normalized spacial score (nSPS) is 13.0. The highest BCUT2D eigenvalue weighted by molar-refractivity contribution is 6.47. The van der Waals surface area contributed by atoms with Crippen LogP contribution >= 0.6 is 23.2 Å². The summed E-state index contributed by atoms with van der Waals surface area (Å²) in [6.07, 6.45) is 3.31. The third kappa shape index (κ3) is 2.47. The van der Waals surface area contributed by atoms with E-state index in [2.05, 4.69) is 21.7 Å². The van der Waals surface area contributed by atoms with Gasteiger partial charge in [-0.25, -0.2) is 0 Å². The van der Waals surface area contributed by atoms with Gasteiger partial charge in [0.15, 0.2) is 0 Å². The van der Waals surface area contributed by atoms with Gasteiger partial charge in [-0.1, -0.05) is 29.8 Å². The number of aromatic amines is 1. The molecule has 0 aliphatic carbocycles.